The zero-order chi connectivity index (χ0) is 24.0. The van der Waals surface area contributed by atoms with Gasteiger partial charge < -0.3 is 15.6 Å². The van der Waals surface area contributed by atoms with Gasteiger partial charge in [-0.15, -0.1) is 0 Å². The Labute approximate surface area is 207 Å². The van der Waals surface area contributed by atoms with Crippen molar-refractivity contribution in [2.45, 2.75) is 69.8 Å². The number of ether oxygens (including phenoxy) is 1. The van der Waals surface area contributed by atoms with E-state index in [4.69, 9.17) is 10.5 Å². The highest BCUT2D eigenvalue weighted by molar-refractivity contribution is 8.04. The van der Waals surface area contributed by atoms with E-state index in [2.05, 4.69) is 42.6 Å². The molecule has 33 heavy (non-hydrogen) atoms. The zero-order valence-electron chi connectivity index (χ0n) is 19.6. The van der Waals surface area contributed by atoms with Gasteiger partial charge in [0.2, 0.25) is 0 Å². The predicted molar refractivity (Wildman–Crippen MR) is 139 cm³/mol. The van der Waals surface area contributed by atoms with Crippen molar-refractivity contribution in [2.24, 2.45) is 5.92 Å². The minimum absolute atomic E-state index is 0.0791. The van der Waals surface area contributed by atoms with E-state index in [1.54, 1.807) is 11.3 Å². The van der Waals surface area contributed by atoms with Gasteiger partial charge in [0, 0.05) is 11.3 Å². The number of thiophene rings is 1. The van der Waals surface area contributed by atoms with Crippen LogP contribution in [-0.4, -0.2) is 21.7 Å². The number of anilines is 1. The minimum atomic E-state index is -0.712. The van der Waals surface area contributed by atoms with E-state index in [0.717, 1.165) is 27.1 Å². The van der Waals surface area contributed by atoms with Gasteiger partial charge >= 0.3 is 5.97 Å². The van der Waals surface area contributed by atoms with E-state index in [-0.39, 0.29) is 22.0 Å². The van der Waals surface area contributed by atoms with Gasteiger partial charge in [0.05, 0.1) is 10.2 Å². The second kappa shape index (κ2) is 8.96. The number of cyclic esters (lactones) is 1. The summed E-state index contributed by atoms with van der Waals surface area (Å²) in [5.41, 5.74) is 8.17. The SMILES string of the molecule is CC(C)C1(CCc2ccsc2)CC(O)=C(Sc2cc3sc(N)nc3cc2C(C)(C)C)C(=O)O1. The molecule has 3 heterocycles. The normalized spacial score (nSPS) is 19.5. The summed E-state index contributed by atoms with van der Waals surface area (Å²) in [4.78, 5) is 18.8. The van der Waals surface area contributed by atoms with Crippen molar-refractivity contribution >= 4 is 55.8 Å². The average Bonchev–Trinajstić information content (AvgIpc) is 3.35. The lowest BCUT2D eigenvalue weighted by Gasteiger charge is -2.40. The van der Waals surface area contributed by atoms with Crippen molar-refractivity contribution in [3.63, 3.8) is 0 Å². The summed E-state index contributed by atoms with van der Waals surface area (Å²) in [6.07, 6.45) is 1.81. The highest BCUT2D eigenvalue weighted by atomic mass is 32.2. The van der Waals surface area contributed by atoms with Crippen molar-refractivity contribution in [2.75, 3.05) is 5.73 Å². The number of carbonyl (C=O) groups is 1. The summed E-state index contributed by atoms with van der Waals surface area (Å²) in [7, 11) is 0. The van der Waals surface area contributed by atoms with Crippen molar-refractivity contribution in [1.29, 1.82) is 0 Å². The molecule has 0 saturated carbocycles. The van der Waals surface area contributed by atoms with Gasteiger partial charge in [-0.3, -0.25) is 0 Å². The molecule has 176 valence electrons. The number of carbonyl (C=O) groups excluding carboxylic acids is 1. The number of hydrogen-bond acceptors (Lipinski definition) is 8. The molecule has 3 aromatic rings. The zero-order valence-corrected chi connectivity index (χ0v) is 22.0. The number of aliphatic hydroxyl groups is 1. The predicted octanol–water partition coefficient (Wildman–Crippen LogP) is 7.07. The molecule has 1 atom stereocenters. The maximum absolute atomic E-state index is 13.2. The molecule has 0 aliphatic carbocycles. The Bertz CT molecular complexity index is 1210. The van der Waals surface area contributed by atoms with E-state index in [1.165, 1.54) is 28.7 Å². The van der Waals surface area contributed by atoms with Crippen LogP contribution in [0.1, 0.15) is 58.6 Å². The van der Waals surface area contributed by atoms with E-state index >= 15 is 0 Å². The van der Waals surface area contributed by atoms with E-state index in [0.29, 0.717) is 18.0 Å². The van der Waals surface area contributed by atoms with Crippen LogP contribution in [0.5, 0.6) is 0 Å². The van der Waals surface area contributed by atoms with E-state index in [9.17, 15) is 9.90 Å². The van der Waals surface area contributed by atoms with Gasteiger partial charge in [0.15, 0.2) is 5.13 Å². The number of aromatic nitrogens is 1. The average molecular weight is 503 g/mol. The van der Waals surface area contributed by atoms with Crippen LogP contribution >= 0.6 is 34.4 Å². The van der Waals surface area contributed by atoms with Crippen LogP contribution < -0.4 is 5.73 Å². The lowest BCUT2D eigenvalue weighted by atomic mass is 9.80. The summed E-state index contributed by atoms with van der Waals surface area (Å²) in [6, 6.07) is 6.15. The maximum Gasteiger partial charge on any atom is 0.349 e. The second-order valence-corrected chi connectivity index (χ2v) is 12.8. The topological polar surface area (TPSA) is 85.4 Å². The number of nitrogens with two attached hydrogens (primary N) is 1. The molecule has 0 bridgehead atoms. The molecule has 5 nitrogen and oxygen atoms in total. The monoisotopic (exact) mass is 502 g/mol. The van der Waals surface area contributed by atoms with Crippen molar-refractivity contribution in [3.05, 3.63) is 50.8 Å². The number of fused-ring (bicyclic) bond motifs is 1. The lowest BCUT2D eigenvalue weighted by molar-refractivity contribution is -0.164. The van der Waals surface area contributed by atoms with Gasteiger partial charge in [-0.25, -0.2) is 9.78 Å². The van der Waals surface area contributed by atoms with Gasteiger partial charge in [0.1, 0.15) is 16.3 Å². The number of aryl methyl sites for hydroxylation is 1. The number of esters is 1. The van der Waals surface area contributed by atoms with E-state index in [1.807, 2.05) is 26.0 Å². The molecular weight excluding hydrogens is 472 g/mol. The van der Waals surface area contributed by atoms with Crippen LogP contribution in [0.25, 0.3) is 10.2 Å². The lowest BCUT2D eigenvalue weighted by Crippen LogP contribution is -2.44. The minimum Gasteiger partial charge on any atom is -0.511 e. The van der Waals surface area contributed by atoms with E-state index < -0.39 is 11.6 Å². The number of hydrogen-bond donors (Lipinski definition) is 2. The Kier molecular flexibility index (Phi) is 6.55. The largest absolute Gasteiger partial charge is 0.511 e. The molecule has 3 N–H and O–H groups in total. The molecule has 2 aromatic heterocycles. The third-order valence-electron chi connectivity index (χ3n) is 6.21. The molecule has 1 aliphatic heterocycles. The second-order valence-electron chi connectivity index (χ2n) is 9.91. The highest BCUT2D eigenvalue weighted by Gasteiger charge is 2.44. The Hall–Kier alpha value is -2.03. The number of nitrogens with zero attached hydrogens (tertiary/aromatic N) is 1. The molecule has 4 rings (SSSR count). The Balaban J connectivity index is 1.67. The molecule has 1 aromatic carbocycles. The van der Waals surface area contributed by atoms with Crippen LogP contribution in [0.15, 0.2) is 44.5 Å². The third kappa shape index (κ3) is 4.93. The molecule has 1 aliphatic rings. The standard InChI is InChI=1S/C25H30N2O3S3/c1-14(2)25(8-6-15-7-9-31-13-15)12-18(28)21(22(29)30-25)32-19-11-20-17(27-23(26)33-20)10-16(19)24(3,4)5/h7,9-11,13-14,28H,6,8,12H2,1-5H3,(H2,26,27). The smallest absolute Gasteiger partial charge is 0.349 e. The van der Waals surface area contributed by atoms with Crippen molar-refractivity contribution < 1.29 is 14.6 Å². The Morgan fingerprint density at radius 2 is 2.09 bits per heavy atom. The number of benzene rings is 1. The molecule has 0 radical (unpaired) electrons. The third-order valence-corrected chi connectivity index (χ3v) is 8.95. The number of rotatable bonds is 6. The molecule has 0 amide bonds. The van der Waals surface area contributed by atoms with Gasteiger partial charge in [-0.2, -0.15) is 11.3 Å². The first-order chi connectivity index (χ1) is 15.5. The summed E-state index contributed by atoms with van der Waals surface area (Å²) in [6.45, 7) is 10.5. The maximum atomic E-state index is 13.2. The summed E-state index contributed by atoms with van der Waals surface area (Å²) in [5.74, 6) is -0.263. The Morgan fingerprint density at radius 1 is 1.33 bits per heavy atom. The molecular formula is C25H30N2O3S3. The first-order valence-corrected chi connectivity index (χ1v) is 13.6. The van der Waals surface area contributed by atoms with Crippen LogP contribution in [0.4, 0.5) is 5.13 Å². The molecule has 8 heteroatoms. The van der Waals surface area contributed by atoms with Gasteiger partial charge in [-0.1, -0.05) is 57.7 Å². The quantitative estimate of drug-likeness (QED) is 0.351. The fourth-order valence-electron chi connectivity index (χ4n) is 4.14. The first kappa shape index (κ1) is 24.1. The molecule has 0 spiro atoms. The number of nitrogen functional groups attached to an aromatic ring is 1. The highest BCUT2D eigenvalue weighted by Crippen LogP contribution is 2.46. The Morgan fingerprint density at radius 3 is 2.70 bits per heavy atom. The van der Waals surface area contributed by atoms with Gasteiger partial charge in [0.25, 0.3) is 0 Å². The summed E-state index contributed by atoms with van der Waals surface area (Å²) in [5, 5.41) is 15.8. The van der Waals surface area contributed by atoms with Gasteiger partial charge in [-0.05, 0) is 64.3 Å². The number of thiazole rings is 1. The van der Waals surface area contributed by atoms with Crippen molar-refractivity contribution in [1.82, 2.24) is 4.98 Å². The van der Waals surface area contributed by atoms with Crippen LogP contribution in [0.3, 0.4) is 0 Å². The fourth-order valence-corrected chi connectivity index (χ4v) is 6.86. The van der Waals surface area contributed by atoms with Crippen LogP contribution in [0.2, 0.25) is 0 Å². The molecule has 0 saturated heterocycles. The molecule has 1 unspecified atom stereocenters. The fraction of sp³-hybridized carbons (Fsp3) is 0.440. The molecule has 0 fully saturated rings. The van der Waals surface area contributed by atoms with Crippen molar-refractivity contribution in [3.8, 4) is 0 Å². The number of aliphatic hydroxyl groups excluding tert-OH is 1. The van der Waals surface area contributed by atoms with Crippen LogP contribution in [-0.2, 0) is 21.4 Å². The summed E-state index contributed by atoms with van der Waals surface area (Å²) < 4.78 is 7.06. The summed E-state index contributed by atoms with van der Waals surface area (Å²) >= 11 is 4.36. The van der Waals surface area contributed by atoms with Crippen LogP contribution in [0, 0.1) is 5.92 Å². The number of thioether (sulfide) groups is 1. The first-order valence-electron chi connectivity index (χ1n) is 11.0.